The molecule has 0 radical (unpaired) electrons. The van der Waals surface area contributed by atoms with Crippen LogP contribution < -0.4 is 0 Å². The van der Waals surface area contributed by atoms with Crippen LogP contribution >= 0.6 is 0 Å². The zero-order valence-corrected chi connectivity index (χ0v) is 11.9. The summed E-state index contributed by atoms with van der Waals surface area (Å²) in [5.74, 6) is -0.677. The number of hydrogen-bond donors (Lipinski definition) is 2. The lowest BCUT2D eigenvalue weighted by Gasteiger charge is -2.31. The first-order valence-corrected chi connectivity index (χ1v) is 7.09. The first-order valence-electron chi connectivity index (χ1n) is 7.09. The molecule has 1 unspecified atom stereocenters. The van der Waals surface area contributed by atoms with Crippen molar-refractivity contribution in [2.75, 3.05) is 19.6 Å². The van der Waals surface area contributed by atoms with E-state index in [1.807, 2.05) is 20.8 Å². The van der Waals surface area contributed by atoms with Gasteiger partial charge in [-0.15, -0.1) is 0 Å². The Morgan fingerprint density at radius 1 is 1.33 bits per heavy atom. The van der Waals surface area contributed by atoms with E-state index in [-0.39, 0.29) is 0 Å². The molecule has 2 N–H and O–H groups in total. The van der Waals surface area contributed by atoms with E-state index in [4.69, 9.17) is 0 Å². The van der Waals surface area contributed by atoms with Crippen molar-refractivity contribution in [3.8, 4) is 0 Å². The van der Waals surface area contributed by atoms with Crippen molar-refractivity contribution in [1.29, 1.82) is 0 Å². The molecule has 0 aromatic heterocycles. The summed E-state index contributed by atoms with van der Waals surface area (Å²) >= 11 is 0. The molecule has 0 aromatic rings. The molecular weight excluding hydrogens is 230 g/mol. The van der Waals surface area contributed by atoms with Gasteiger partial charge < -0.3 is 10.2 Å². The Labute approximate surface area is 110 Å². The number of carbonyl (C=O) groups is 1. The number of hydrogen-bond acceptors (Lipinski definition) is 3. The second-order valence-corrected chi connectivity index (χ2v) is 5.73. The van der Waals surface area contributed by atoms with Gasteiger partial charge in [-0.2, -0.15) is 0 Å². The zero-order valence-electron chi connectivity index (χ0n) is 11.9. The Bertz CT molecular complexity index is 289. The third-order valence-corrected chi connectivity index (χ3v) is 4.45. The average Bonchev–Trinajstić information content (AvgIpc) is 2.74. The summed E-state index contributed by atoms with van der Waals surface area (Å²) in [4.78, 5) is 13.6. The van der Waals surface area contributed by atoms with E-state index in [1.54, 1.807) is 0 Å². The summed E-state index contributed by atoms with van der Waals surface area (Å²) in [5, 5.41) is 19.8. The molecule has 4 nitrogen and oxygen atoms in total. The number of nitrogens with zero attached hydrogens (tertiary/aromatic N) is 1. The van der Waals surface area contributed by atoms with Crippen molar-refractivity contribution in [2.24, 2.45) is 5.41 Å². The molecule has 0 bridgehead atoms. The van der Waals surface area contributed by atoms with Crippen molar-refractivity contribution in [3.05, 3.63) is 0 Å². The maximum atomic E-state index is 11.5. The monoisotopic (exact) mass is 257 g/mol. The molecule has 4 heteroatoms. The van der Waals surface area contributed by atoms with Crippen LogP contribution in [0.25, 0.3) is 0 Å². The van der Waals surface area contributed by atoms with E-state index in [0.717, 1.165) is 19.4 Å². The van der Waals surface area contributed by atoms with Gasteiger partial charge in [0.15, 0.2) is 0 Å². The molecule has 1 atom stereocenters. The van der Waals surface area contributed by atoms with Crippen LogP contribution in [0.2, 0.25) is 0 Å². The Hall–Kier alpha value is -0.610. The van der Waals surface area contributed by atoms with Crippen molar-refractivity contribution < 1.29 is 15.0 Å². The van der Waals surface area contributed by atoms with E-state index < -0.39 is 17.0 Å². The average molecular weight is 257 g/mol. The molecule has 0 aliphatic carbocycles. The standard InChI is InChI=1S/C14H27NO3/c1-4-7-13(12(16)17)8-9-15(10-13)11-14(18,5-2)6-3/h18H,4-11H2,1-3H3,(H,16,17). The topological polar surface area (TPSA) is 60.8 Å². The number of likely N-dealkylation sites (tertiary alicyclic amines) is 1. The summed E-state index contributed by atoms with van der Waals surface area (Å²) in [5.41, 5.74) is -1.25. The molecular formula is C14H27NO3. The summed E-state index contributed by atoms with van der Waals surface area (Å²) in [6.07, 6.45) is 3.77. The highest BCUT2D eigenvalue weighted by Gasteiger charge is 2.45. The minimum absolute atomic E-state index is 0.582. The van der Waals surface area contributed by atoms with Crippen molar-refractivity contribution in [1.82, 2.24) is 4.90 Å². The second kappa shape index (κ2) is 6.02. The lowest BCUT2D eigenvalue weighted by molar-refractivity contribution is -0.148. The van der Waals surface area contributed by atoms with E-state index in [9.17, 15) is 15.0 Å². The first-order chi connectivity index (χ1) is 8.41. The van der Waals surface area contributed by atoms with Gasteiger partial charge in [0.1, 0.15) is 0 Å². The number of aliphatic carboxylic acids is 1. The van der Waals surface area contributed by atoms with Gasteiger partial charge in [0.25, 0.3) is 0 Å². The Morgan fingerprint density at radius 3 is 2.39 bits per heavy atom. The summed E-state index contributed by atoms with van der Waals surface area (Å²) in [7, 11) is 0. The van der Waals surface area contributed by atoms with Crippen LogP contribution in [-0.2, 0) is 4.79 Å². The highest BCUT2D eigenvalue weighted by atomic mass is 16.4. The fourth-order valence-electron chi connectivity index (χ4n) is 2.95. The van der Waals surface area contributed by atoms with E-state index in [1.165, 1.54) is 0 Å². The molecule has 0 spiro atoms. The van der Waals surface area contributed by atoms with E-state index in [2.05, 4.69) is 4.90 Å². The minimum atomic E-state index is -0.677. The SMILES string of the molecule is CCCC1(C(=O)O)CCN(CC(O)(CC)CC)C1. The Balaban J connectivity index is 2.67. The van der Waals surface area contributed by atoms with Gasteiger partial charge in [0.2, 0.25) is 0 Å². The first kappa shape index (κ1) is 15.4. The van der Waals surface area contributed by atoms with Gasteiger partial charge in [-0.1, -0.05) is 27.2 Å². The van der Waals surface area contributed by atoms with E-state index >= 15 is 0 Å². The fraction of sp³-hybridized carbons (Fsp3) is 0.929. The van der Waals surface area contributed by atoms with Crippen molar-refractivity contribution >= 4 is 5.97 Å². The predicted octanol–water partition coefficient (Wildman–Crippen LogP) is 2.11. The molecule has 1 aliphatic rings. The molecule has 18 heavy (non-hydrogen) atoms. The van der Waals surface area contributed by atoms with Crippen molar-refractivity contribution in [2.45, 2.75) is 58.5 Å². The molecule has 106 valence electrons. The molecule has 0 saturated carbocycles. The Kier molecular flexibility index (Phi) is 5.17. The quantitative estimate of drug-likeness (QED) is 0.733. The van der Waals surface area contributed by atoms with Gasteiger partial charge in [0, 0.05) is 13.1 Å². The van der Waals surface area contributed by atoms with Gasteiger partial charge >= 0.3 is 5.97 Å². The fourth-order valence-corrected chi connectivity index (χ4v) is 2.95. The normalized spacial score (nSPS) is 25.6. The number of aliphatic hydroxyl groups is 1. The van der Waals surface area contributed by atoms with Gasteiger partial charge in [-0.3, -0.25) is 9.69 Å². The lowest BCUT2D eigenvalue weighted by atomic mass is 9.82. The van der Waals surface area contributed by atoms with Crippen LogP contribution in [0.3, 0.4) is 0 Å². The highest BCUT2D eigenvalue weighted by molar-refractivity contribution is 5.75. The van der Waals surface area contributed by atoms with Crippen molar-refractivity contribution in [3.63, 3.8) is 0 Å². The predicted molar refractivity (Wildman–Crippen MR) is 71.6 cm³/mol. The Morgan fingerprint density at radius 2 is 1.94 bits per heavy atom. The lowest BCUT2D eigenvalue weighted by Crippen LogP contribution is -2.43. The maximum absolute atomic E-state index is 11.5. The van der Waals surface area contributed by atoms with Gasteiger partial charge in [0.05, 0.1) is 11.0 Å². The minimum Gasteiger partial charge on any atom is -0.481 e. The summed E-state index contributed by atoms with van der Waals surface area (Å²) in [6, 6.07) is 0. The molecule has 1 saturated heterocycles. The van der Waals surface area contributed by atoms with E-state index in [0.29, 0.717) is 32.4 Å². The molecule has 0 amide bonds. The molecule has 1 rings (SSSR count). The smallest absolute Gasteiger partial charge is 0.310 e. The van der Waals surface area contributed by atoms with Gasteiger partial charge in [-0.05, 0) is 32.2 Å². The third-order valence-electron chi connectivity index (χ3n) is 4.45. The van der Waals surface area contributed by atoms with Crippen LogP contribution in [0.4, 0.5) is 0 Å². The number of carboxylic acid groups (broad SMARTS) is 1. The van der Waals surface area contributed by atoms with Crippen LogP contribution in [0.1, 0.15) is 52.9 Å². The van der Waals surface area contributed by atoms with Crippen LogP contribution in [0.15, 0.2) is 0 Å². The summed E-state index contributed by atoms with van der Waals surface area (Å²) < 4.78 is 0. The zero-order chi connectivity index (χ0) is 13.8. The van der Waals surface area contributed by atoms with Crippen LogP contribution in [-0.4, -0.2) is 46.3 Å². The molecule has 0 aromatic carbocycles. The number of β-amino-alcohol motifs (C(OH)–C–C–N with tert-alkyl or cyclic N) is 1. The van der Waals surface area contributed by atoms with Crippen LogP contribution in [0.5, 0.6) is 0 Å². The molecule has 1 aliphatic heterocycles. The molecule has 1 fully saturated rings. The van der Waals surface area contributed by atoms with Gasteiger partial charge in [-0.25, -0.2) is 0 Å². The highest BCUT2D eigenvalue weighted by Crippen LogP contribution is 2.36. The second-order valence-electron chi connectivity index (χ2n) is 5.73. The number of carboxylic acids is 1. The third kappa shape index (κ3) is 3.23. The summed E-state index contributed by atoms with van der Waals surface area (Å²) in [6.45, 7) is 7.96. The molecule has 1 heterocycles. The maximum Gasteiger partial charge on any atom is 0.310 e. The largest absolute Gasteiger partial charge is 0.481 e. The van der Waals surface area contributed by atoms with Crippen LogP contribution in [0, 0.1) is 5.41 Å². The number of rotatable bonds is 7.